The highest BCUT2D eigenvalue weighted by Crippen LogP contribution is 2.18. The molecule has 0 radical (unpaired) electrons. The van der Waals surface area contributed by atoms with Crippen molar-refractivity contribution in [2.75, 3.05) is 5.75 Å². The van der Waals surface area contributed by atoms with Gasteiger partial charge in [-0.1, -0.05) is 29.8 Å². The van der Waals surface area contributed by atoms with Gasteiger partial charge in [-0.25, -0.2) is 0 Å². The zero-order chi connectivity index (χ0) is 13.1. The molecule has 1 rings (SSSR count). The molecule has 1 aromatic rings. The minimum absolute atomic E-state index is 0.177. The van der Waals surface area contributed by atoms with Crippen LogP contribution in [0, 0.1) is 12.3 Å². The van der Waals surface area contributed by atoms with Gasteiger partial charge < -0.3 is 5.11 Å². The zero-order valence-corrected chi connectivity index (χ0v) is 11.2. The van der Waals surface area contributed by atoms with Crippen LogP contribution in [-0.4, -0.2) is 21.0 Å². The largest absolute Gasteiger partial charge is 0.481 e. The number of carbonyl (C=O) groups is 1. The van der Waals surface area contributed by atoms with Crippen LogP contribution in [0.3, 0.4) is 0 Å². The van der Waals surface area contributed by atoms with Gasteiger partial charge in [0, 0.05) is 22.3 Å². The van der Waals surface area contributed by atoms with Crippen LogP contribution < -0.4 is 0 Å². The van der Waals surface area contributed by atoms with Gasteiger partial charge in [-0.2, -0.15) is 0 Å². The Kier molecular flexibility index (Phi) is 4.46. The molecular weight excluding hydrogens is 236 g/mol. The smallest absolute Gasteiger partial charge is 0.310 e. The summed E-state index contributed by atoms with van der Waals surface area (Å²) in [6.45, 7) is 5.18. The number of aliphatic carboxylic acids is 1. The molecule has 4 heteroatoms. The molecule has 0 heterocycles. The van der Waals surface area contributed by atoms with E-state index in [1.165, 1.54) is 0 Å². The molecule has 3 nitrogen and oxygen atoms in total. The summed E-state index contributed by atoms with van der Waals surface area (Å²) < 4.78 is 11.9. The molecule has 1 N–H and O–H groups in total. The zero-order valence-electron chi connectivity index (χ0n) is 10.4. The predicted octanol–water partition coefficient (Wildman–Crippen LogP) is 2.35. The van der Waals surface area contributed by atoms with E-state index in [0.29, 0.717) is 5.75 Å². The molecule has 1 unspecified atom stereocenters. The number of carboxylic acid groups (broad SMARTS) is 1. The van der Waals surface area contributed by atoms with E-state index >= 15 is 0 Å². The third kappa shape index (κ3) is 4.30. The number of rotatable bonds is 5. The molecule has 1 atom stereocenters. The van der Waals surface area contributed by atoms with Crippen LogP contribution in [0.5, 0.6) is 0 Å². The Morgan fingerprint density at radius 1 is 1.41 bits per heavy atom. The minimum atomic E-state index is -1.15. The van der Waals surface area contributed by atoms with Crippen molar-refractivity contribution in [1.29, 1.82) is 0 Å². The van der Waals surface area contributed by atoms with Crippen molar-refractivity contribution in [3.05, 3.63) is 35.4 Å². The summed E-state index contributed by atoms with van der Waals surface area (Å²) in [6.07, 6.45) is 0. The van der Waals surface area contributed by atoms with Gasteiger partial charge >= 0.3 is 5.97 Å². The number of hydrogen-bond acceptors (Lipinski definition) is 2. The van der Waals surface area contributed by atoms with Crippen LogP contribution in [0.1, 0.15) is 25.0 Å². The van der Waals surface area contributed by atoms with Crippen LogP contribution >= 0.6 is 0 Å². The molecule has 0 amide bonds. The van der Waals surface area contributed by atoms with Crippen LogP contribution in [0.2, 0.25) is 0 Å². The second kappa shape index (κ2) is 5.45. The lowest BCUT2D eigenvalue weighted by molar-refractivity contribution is -0.145. The molecule has 0 saturated heterocycles. The standard InChI is InChI=1S/C13H18O3S/c1-10-5-4-6-11(7-10)8-17(16)9-13(2,3)12(14)15/h4-7H,8-9H2,1-3H3,(H,14,15). The van der Waals surface area contributed by atoms with E-state index in [9.17, 15) is 9.00 Å². The van der Waals surface area contributed by atoms with Crippen molar-refractivity contribution in [1.82, 2.24) is 0 Å². The van der Waals surface area contributed by atoms with Crippen LogP contribution in [0.15, 0.2) is 24.3 Å². The Bertz CT molecular complexity index is 438. The van der Waals surface area contributed by atoms with Crippen molar-refractivity contribution >= 4 is 16.8 Å². The fourth-order valence-electron chi connectivity index (χ4n) is 1.50. The normalized spacial score (nSPS) is 13.4. The summed E-state index contributed by atoms with van der Waals surface area (Å²) >= 11 is 0. The molecule has 0 aliphatic carbocycles. The number of carboxylic acids is 1. The van der Waals surface area contributed by atoms with E-state index in [0.717, 1.165) is 11.1 Å². The summed E-state index contributed by atoms with van der Waals surface area (Å²) in [6, 6.07) is 7.79. The van der Waals surface area contributed by atoms with Crippen LogP contribution in [0.4, 0.5) is 0 Å². The van der Waals surface area contributed by atoms with Crippen molar-refractivity contribution in [2.45, 2.75) is 26.5 Å². The molecule has 1 aromatic carbocycles. The van der Waals surface area contributed by atoms with Gasteiger partial charge in [0.15, 0.2) is 0 Å². The molecule has 0 aromatic heterocycles. The second-order valence-corrected chi connectivity index (χ2v) is 6.36. The van der Waals surface area contributed by atoms with E-state index in [1.54, 1.807) is 13.8 Å². The summed E-state index contributed by atoms with van der Waals surface area (Å²) in [4.78, 5) is 10.9. The van der Waals surface area contributed by atoms with Gasteiger partial charge in [-0.3, -0.25) is 9.00 Å². The van der Waals surface area contributed by atoms with Crippen molar-refractivity contribution < 1.29 is 14.1 Å². The topological polar surface area (TPSA) is 54.4 Å². The fourth-order valence-corrected chi connectivity index (χ4v) is 3.08. The first-order valence-corrected chi connectivity index (χ1v) is 6.94. The van der Waals surface area contributed by atoms with E-state index in [1.807, 2.05) is 31.2 Å². The summed E-state index contributed by atoms with van der Waals surface area (Å²) in [5.74, 6) is -0.315. The maximum absolute atomic E-state index is 11.9. The number of benzene rings is 1. The maximum Gasteiger partial charge on any atom is 0.310 e. The molecule has 17 heavy (non-hydrogen) atoms. The second-order valence-electron chi connectivity index (χ2n) is 4.91. The lowest BCUT2D eigenvalue weighted by Gasteiger charge is -2.18. The number of hydrogen-bond donors (Lipinski definition) is 1. The van der Waals surface area contributed by atoms with Gasteiger partial charge in [0.05, 0.1) is 5.41 Å². The van der Waals surface area contributed by atoms with Gasteiger partial charge in [0.1, 0.15) is 0 Å². The predicted molar refractivity (Wildman–Crippen MR) is 69.3 cm³/mol. The summed E-state index contributed by atoms with van der Waals surface area (Å²) in [5, 5.41) is 8.97. The van der Waals surface area contributed by atoms with E-state index in [4.69, 9.17) is 5.11 Å². The third-order valence-corrected chi connectivity index (χ3v) is 4.21. The van der Waals surface area contributed by atoms with Crippen molar-refractivity contribution in [3.8, 4) is 0 Å². The van der Waals surface area contributed by atoms with Crippen molar-refractivity contribution in [3.63, 3.8) is 0 Å². The first-order valence-electron chi connectivity index (χ1n) is 5.45. The first kappa shape index (κ1) is 13.9. The average molecular weight is 254 g/mol. The van der Waals surface area contributed by atoms with E-state index in [2.05, 4.69) is 0 Å². The Balaban J connectivity index is 2.65. The van der Waals surface area contributed by atoms with E-state index < -0.39 is 22.2 Å². The highest BCUT2D eigenvalue weighted by atomic mass is 32.2. The van der Waals surface area contributed by atoms with Crippen molar-refractivity contribution in [2.24, 2.45) is 5.41 Å². The fraction of sp³-hybridized carbons (Fsp3) is 0.462. The Labute approximate surface area is 104 Å². The van der Waals surface area contributed by atoms with Gasteiger partial charge in [0.25, 0.3) is 0 Å². The lowest BCUT2D eigenvalue weighted by Crippen LogP contribution is -2.30. The molecule has 94 valence electrons. The molecule has 0 saturated carbocycles. The monoisotopic (exact) mass is 254 g/mol. The molecule has 0 aliphatic rings. The molecule has 0 bridgehead atoms. The SMILES string of the molecule is Cc1cccc(CS(=O)CC(C)(C)C(=O)O)c1. The lowest BCUT2D eigenvalue weighted by atomic mass is 9.97. The minimum Gasteiger partial charge on any atom is -0.481 e. The van der Waals surface area contributed by atoms with Gasteiger partial charge in [-0.05, 0) is 26.3 Å². The first-order chi connectivity index (χ1) is 7.81. The molecule has 0 fully saturated rings. The quantitative estimate of drug-likeness (QED) is 0.877. The highest BCUT2D eigenvalue weighted by molar-refractivity contribution is 7.84. The summed E-state index contributed by atoms with van der Waals surface area (Å²) in [5.41, 5.74) is 1.18. The Hall–Kier alpha value is -1.16. The van der Waals surface area contributed by atoms with E-state index in [-0.39, 0.29) is 5.75 Å². The Morgan fingerprint density at radius 2 is 2.06 bits per heavy atom. The van der Waals surface area contributed by atoms with Gasteiger partial charge in [0.2, 0.25) is 0 Å². The highest BCUT2D eigenvalue weighted by Gasteiger charge is 2.29. The molecule has 0 aliphatic heterocycles. The van der Waals surface area contributed by atoms with Gasteiger partial charge in [-0.15, -0.1) is 0 Å². The van der Waals surface area contributed by atoms with Crippen LogP contribution in [-0.2, 0) is 21.3 Å². The molecular formula is C13H18O3S. The average Bonchev–Trinajstić information content (AvgIpc) is 2.15. The number of aryl methyl sites for hydroxylation is 1. The van der Waals surface area contributed by atoms with Crippen LogP contribution in [0.25, 0.3) is 0 Å². The maximum atomic E-state index is 11.9. The summed E-state index contributed by atoms with van der Waals surface area (Å²) in [7, 11) is -1.15. The molecule has 0 spiro atoms. The third-order valence-electron chi connectivity index (χ3n) is 2.51. The Morgan fingerprint density at radius 3 is 2.59 bits per heavy atom.